The SMILES string of the molecule is C=CCN(C(=O)Nc1cccc(Cl)c1)C1CCN(O)CC1.O=C(C1CCCC1)N1CCCC1. The summed E-state index contributed by atoms with van der Waals surface area (Å²) in [5.41, 5.74) is 0.668. The maximum Gasteiger partial charge on any atom is 0.322 e. The fourth-order valence-electron chi connectivity index (χ4n) is 4.83. The smallest absolute Gasteiger partial charge is 0.322 e. The second kappa shape index (κ2) is 13.0. The number of likely N-dealkylation sites (tertiary alicyclic amines) is 1. The summed E-state index contributed by atoms with van der Waals surface area (Å²) >= 11 is 5.92. The van der Waals surface area contributed by atoms with Crippen LogP contribution in [-0.4, -0.2) is 70.8 Å². The van der Waals surface area contributed by atoms with Crippen molar-refractivity contribution in [2.45, 2.75) is 57.4 Å². The fourth-order valence-corrected chi connectivity index (χ4v) is 5.02. The number of halogens is 1. The van der Waals surface area contributed by atoms with Crippen molar-refractivity contribution in [2.24, 2.45) is 5.92 Å². The van der Waals surface area contributed by atoms with Crippen LogP contribution in [0.3, 0.4) is 0 Å². The van der Waals surface area contributed by atoms with Crippen LogP contribution in [0.2, 0.25) is 5.02 Å². The van der Waals surface area contributed by atoms with Crippen molar-refractivity contribution in [1.29, 1.82) is 0 Å². The monoisotopic (exact) mass is 476 g/mol. The van der Waals surface area contributed by atoms with E-state index in [-0.39, 0.29) is 12.1 Å². The third kappa shape index (κ3) is 7.73. The number of hydrogen-bond donors (Lipinski definition) is 2. The Morgan fingerprint density at radius 3 is 2.36 bits per heavy atom. The molecule has 0 aromatic heterocycles. The van der Waals surface area contributed by atoms with Gasteiger partial charge in [-0.15, -0.1) is 6.58 Å². The maximum absolute atomic E-state index is 12.4. The number of rotatable bonds is 5. The average molecular weight is 477 g/mol. The van der Waals surface area contributed by atoms with Gasteiger partial charge in [0.2, 0.25) is 5.91 Å². The Bertz CT molecular complexity index is 768. The Kier molecular flexibility index (Phi) is 10.0. The molecule has 0 bridgehead atoms. The molecule has 2 N–H and O–H groups in total. The number of benzene rings is 1. The predicted octanol–water partition coefficient (Wildman–Crippen LogP) is 5.01. The standard InChI is InChI=1S/C15H20ClN3O2.C10H17NO/c1-2-8-19(14-6-9-18(21)10-7-14)15(20)17-13-5-3-4-12(16)11-13;12-10(9-5-1-2-6-9)11-7-3-4-8-11/h2-5,11,14,21H,1,6-10H2,(H,17,20);9H,1-8H2. The molecule has 0 spiro atoms. The fraction of sp³-hybridized carbons (Fsp3) is 0.600. The molecule has 1 aromatic rings. The van der Waals surface area contributed by atoms with Crippen LogP contribution in [0.5, 0.6) is 0 Å². The zero-order valence-corrected chi connectivity index (χ0v) is 20.2. The highest BCUT2D eigenvalue weighted by Crippen LogP contribution is 2.27. The molecule has 3 amide bonds. The topological polar surface area (TPSA) is 76.1 Å². The number of hydroxylamine groups is 2. The second-order valence-corrected chi connectivity index (χ2v) is 9.52. The molecule has 3 aliphatic rings. The van der Waals surface area contributed by atoms with Gasteiger partial charge in [-0.2, -0.15) is 5.06 Å². The molecule has 4 rings (SSSR count). The van der Waals surface area contributed by atoms with Gasteiger partial charge in [-0.25, -0.2) is 4.79 Å². The second-order valence-electron chi connectivity index (χ2n) is 9.08. The van der Waals surface area contributed by atoms with E-state index in [1.807, 2.05) is 0 Å². The number of carbonyl (C=O) groups excluding carboxylic acids is 2. The Labute approximate surface area is 202 Å². The number of piperidine rings is 1. The molecule has 3 fully saturated rings. The average Bonchev–Trinajstić information content (AvgIpc) is 3.53. The first kappa shape index (κ1) is 25.5. The van der Waals surface area contributed by atoms with Crippen LogP contribution in [-0.2, 0) is 4.79 Å². The van der Waals surface area contributed by atoms with Crippen molar-refractivity contribution >= 4 is 29.2 Å². The number of anilines is 1. The molecule has 0 unspecified atom stereocenters. The van der Waals surface area contributed by atoms with Crippen molar-refractivity contribution in [3.63, 3.8) is 0 Å². The molecule has 1 saturated carbocycles. The van der Waals surface area contributed by atoms with Gasteiger partial charge in [0.15, 0.2) is 0 Å². The number of carbonyl (C=O) groups is 2. The van der Waals surface area contributed by atoms with Crippen LogP contribution >= 0.6 is 11.6 Å². The maximum atomic E-state index is 12.4. The van der Waals surface area contributed by atoms with E-state index < -0.39 is 0 Å². The predicted molar refractivity (Wildman–Crippen MR) is 132 cm³/mol. The summed E-state index contributed by atoms with van der Waals surface area (Å²) in [6.45, 7) is 7.38. The summed E-state index contributed by atoms with van der Waals surface area (Å²) in [5, 5.41) is 14.1. The number of urea groups is 1. The van der Waals surface area contributed by atoms with Crippen LogP contribution in [0.15, 0.2) is 36.9 Å². The lowest BCUT2D eigenvalue weighted by atomic mass is 10.0. The van der Waals surface area contributed by atoms with Gasteiger partial charge in [0, 0.05) is 55.4 Å². The Morgan fingerprint density at radius 2 is 1.76 bits per heavy atom. The highest BCUT2D eigenvalue weighted by atomic mass is 35.5. The number of nitrogens with zero attached hydrogens (tertiary/aromatic N) is 3. The lowest BCUT2D eigenvalue weighted by molar-refractivity contribution is -0.134. The number of hydrogen-bond acceptors (Lipinski definition) is 4. The van der Waals surface area contributed by atoms with E-state index in [1.54, 1.807) is 35.2 Å². The van der Waals surface area contributed by atoms with E-state index in [0.717, 1.165) is 38.8 Å². The van der Waals surface area contributed by atoms with Gasteiger partial charge in [0.25, 0.3) is 0 Å². The highest BCUT2D eigenvalue weighted by molar-refractivity contribution is 6.30. The van der Waals surface area contributed by atoms with Gasteiger partial charge in [-0.05, 0) is 56.7 Å². The molecule has 2 saturated heterocycles. The molecule has 0 atom stereocenters. The zero-order chi connectivity index (χ0) is 23.6. The quantitative estimate of drug-likeness (QED) is 0.585. The minimum atomic E-state index is -0.173. The molecule has 1 aromatic carbocycles. The first-order valence-electron chi connectivity index (χ1n) is 12.1. The number of nitrogens with one attached hydrogen (secondary N) is 1. The molecule has 33 heavy (non-hydrogen) atoms. The molecular weight excluding hydrogens is 440 g/mol. The zero-order valence-electron chi connectivity index (χ0n) is 19.4. The first-order chi connectivity index (χ1) is 16.0. The normalized spacial score (nSPS) is 19.6. The summed E-state index contributed by atoms with van der Waals surface area (Å²) < 4.78 is 0. The molecule has 182 valence electrons. The number of amides is 3. The van der Waals surface area contributed by atoms with Crippen molar-refractivity contribution < 1.29 is 14.8 Å². The summed E-state index contributed by atoms with van der Waals surface area (Å²) in [7, 11) is 0. The van der Waals surface area contributed by atoms with E-state index >= 15 is 0 Å². The molecule has 2 heterocycles. The van der Waals surface area contributed by atoms with Gasteiger partial charge in [0.1, 0.15) is 0 Å². The lowest BCUT2D eigenvalue weighted by Gasteiger charge is -2.36. The van der Waals surface area contributed by atoms with E-state index in [9.17, 15) is 14.8 Å². The molecular formula is C25H37ClN4O3. The van der Waals surface area contributed by atoms with Crippen molar-refractivity contribution in [2.75, 3.05) is 38.0 Å². The summed E-state index contributed by atoms with van der Waals surface area (Å²) in [6, 6.07) is 6.99. The first-order valence-corrected chi connectivity index (χ1v) is 12.5. The van der Waals surface area contributed by atoms with Gasteiger partial charge in [-0.1, -0.05) is 36.6 Å². The van der Waals surface area contributed by atoms with Gasteiger partial charge in [-0.3, -0.25) is 4.79 Å². The van der Waals surface area contributed by atoms with Crippen LogP contribution in [0.25, 0.3) is 0 Å². The van der Waals surface area contributed by atoms with Crippen LogP contribution in [0, 0.1) is 5.92 Å². The van der Waals surface area contributed by atoms with Crippen molar-refractivity contribution in [3.8, 4) is 0 Å². The Morgan fingerprint density at radius 1 is 1.09 bits per heavy atom. The van der Waals surface area contributed by atoms with Gasteiger partial charge >= 0.3 is 6.03 Å². The van der Waals surface area contributed by atoms with Crippen LogP contribution in [0.1, 0.15) is 51.4 Å². The minimum Gasteiger partial charge on any atom is -0.342 e. The van der Waals surface area contributed by atoms with E-state index in [0.29, 0.717) is 42.2 Å². The van der Waals surface area contributed by atoms with Crippen molar-refractivity contribution in [1.82, 2.24) is 14.9 Å². The summed E-state index contributed by atoms with van der Waals surface area (Å²) in [4.78, 5) is 28.0. The van der Waals surface area contributed by atoms with E-state index in [2.05, 4.69) is 16.8 Å². The molecule has 2 aliphatic heterocycles. The molecule has 7 nitrogen and oxygen atoms in total. The largest absolute Gasteiger partial charge is 0.342 e. The summed E-state index contributed by atoms with van der Waals surface area (Å²) in [5.74, 6) is 0.841. The minimum absolute atomic E-state index is 0.102. The van der Waals surface area contributed by atoms with Gasteiger partial charge in [0.05, 0.1) is 0 Å². The summed E-state index contributed by atoms with van der Waals surface area (Å²) in [6.07, 6.45) is 10.5. The Balaban J connectivity index is 0.000000215. The molecule has 8 heteroatoms. The van der Waals surface area contributed by atoms with E-state index in [4.69, 9.17) is 11.6 Å². The van der Waals surface area contributed by atoms with E-state index in [1.165, 1.54) is 30.7 Å². The lowest BCUT2D eigenvalue weighted by Crippen LogP contribution is -2.48. The Hall–Kier alpha value is -2.09. The van der Waals surface area contributed by atoms with Crippen LogP contribution < -0.4 is 5.32 Å². The van der Waals surface area contributed by atoms with Crippen molar-refractivity contribution in [3.05, 3.63) is 41.9 Å². The molecule has 1 aliphatic carbocycles. The third-order valence-corrected chi connectivity index (χ3v) is 6.90. The molecule has 0 radical (unpaired) electrons. The highest BCUT2D eigenvalue weighted by Gasteiger charge is 2.28. The third-order valence-electron chi connectivity index (χ3n) is 6.67. The van der Waals surface area contributed by atoms with Gasteiger partial charge < -0.3 is 20.3 Å². The van der Waals surface area contributed by atoms with Crippen LogP contribution in [0.4, 0.5) is 10.5 Å².